The number of aromatic nitrogens is 1. The number of hydrogen-bond acceptors (Lipinski definition) is 1. The van der Waals surface area contributed by atoms with Crippen LogP contribution in [0.5, 0.6) is 0 Å². The molecule has 114 valence electrons. The van der Waals surface area contributed by atoms with Gasteiger partial charge < -0.3 is 0 Å². The molecule has 0 fully saturated rings. The second kappa shape index (κ2) is 7.75. The summed E-state index contributed by atoms with van der Waals surface area (Å²) < 4.78 is 0. The van der Waals surface area contributed by atoms with Gasteiger partial charge in [-0.2, -0.15) is 0 Å². The van der Waals surface area contributed by atoms with Gasteiger partial charge in [0.05, 0.1) is 5.35 Å². The Morgan fingerprint density at radius 3 is 2.64 bits per heavy atom. The van der Waals surface area contributed by atoms with Crippen molar-refractivity contribution in [3.05, 3.63) is 63.8 Å². The van der Waals surface area contributed by atoms with Gasteiger partial charge in [-0.05, 0) is 43.2 Å². The third kappa shape index (κ3) is 3.50. The van der Waals surface area contributed by atoms with Gasteiger partial charge in [0.2, 0.25) is 0 Å². The van der Waals surface area contributed by atoms with E-state index >= 15 is 0 Å². The number of halogens is 2. The lowest BCUT2D eigenvalue weighted by Gasteiger charge is -2.12. The fourth-order valence-electron chi connectivity index (χ4n) is 2.65. The van der Waals surface area contributed by atoms with Gasteiger partial charge in [0.1, 0.15) is 0 Å². The van der Waals surface area contributed by atoms with Crippen molar-refractivity contribution < 1.29 is 0 Å². The Kier molecular flexibility index (Phi) is 5.98. The zero-order valence-corrected chi connectivity index (χ0v) is 15.2. The Morgan fingerprint density at radius 2 is 2.00 bits per heavy atom. The second-order valence-corrected chi connectivity index (χ2v) is 6.26. The van der Waals surface area contributed by atoms with Crippen molar-refractivity contribution in [1.82, 2.24) is 4.98 Å². The average molecular weight is 377 g/mol. The van der Waals surface area contributed by atoms with Gasteiger partial charge in [0.15, 0.2) is 0 Å². The van der Waals surface area contributed by atoms with Crippen LogP contribution in [-0.4, -0.2) is 10.3 Å². The van der Waals surface area contributed by atoms with Crippen LogP contribution >= 0.6 is 27.5 Å². The standard InChI is InChI=1S/C19H19BrClN/c1-4-8-18-15(10-7-12-20)13(2)19(14(3)22-18)16-9-5-6-11-17(16)21/h4-6,8-11H,1,7,12H2,2-3H3/b15-10-,18-8+. The maximum Gasteiger partial charge on any atom is 0.0704 e. The van der Waals surface area contributed by atoms with Gasteiger partial charge in [-0.1, -0.05) is 64.5 Å². The first kappa shape index (κ1) is 17.0. The topological polar surface area (TPSA) is 12.9 Å². The van der Waals surface area contributed by atoms with Crippen LogP contribution in [0.4, 0.5) is 0 Å². The zero-order chi connectivity index (χ0) is 16.1. The summed E-state index contributed by atoms with van der Waals surface area (Å²) >= 11 is 9.87. The van der Waals surface area contributed by atoms with Crippen molar-refractivity contribution in [2.75, 3.05) is 5.33 Å². The number of benzene rings is 1. The Balaban J connectivity index is 2.86. The number of aryl methyl sites for hydroxylation is 1. The maximum absolute atomic E-state index is 6.39. The van der Waals surface area contributed by atoms with Crippen LogP contribution in [0.2, 0.25) is 5.02 Å². The molecule has 0 N–H and O–H groups in total. The quantitative estimate of drug-likeness (QED) is 0.713. The molecule has 0 unspecified atom stereocenters. The predicted octanol–water partition coefficient (Wildman–Crippen LogP) is 4.55. The lowest BCUT2D eigenvalue weighted by molar-refractivity contribution is 1.10. The van der Waals surface area contributed by atoms with E-state index in [2.05, 4.69) is 35.5 Å². The lowest BCUT2D eigenvalue weighted by atomic mass is 9.97. The molecule has 0 aliphatic rings. The summed E-state index contributed by atoms with van der Waals surface area (Å²) in [6, 6.07) is 7.92. The number of rotatable bonds is 4. The minimum absolute atomic E-state index is 0.752. The van der Waals surface area contributed by atoms with E-state index in [0.717, 1.165) is 44.2 Å². The molecule has 0 bridgehead atoms. The molecule has 1 aromatic heterocycles. The van der Waals surface area contributed by atoms with E-state index in [1.807, 2.05) is 37.3 Å². The van der Waals surface area contributed by atoms with E-state index in [4.69, 9.17) is 16.6 Å². The number of nitrogens with zero attached hydrogens (tertiary/aromatic N) is 1. The molecule has 22 heavy (non-hydrogen) atoms. The summed E-state index contributed by atoms with van der Waals surface area (Å²) in [5, 5.41) is 3.79. The second-order valence-electron chi connectivity index (χ2n) is 5.06. The number of hydrogen-bond donors (Lipinski definition) is 0. The smallest absolute Gasteiger partial charge is 0.0704 e. The minimum Gasteiger partial charge on any atom is -0.252 e. The van der Waals surface area contributed by atoms with Crippen LogP contribution in [0, 0.1) is 13.8 Å². The van der Waals surface area contributed by atoms with Crippen LogP contribution < -0.4 is 10.6 Å². The molecular formula is C19H19BrClN. The summed E-state index contributed by atoms with van der Waals surface area (Å²) in [4.78, 5) is 4.76. The molecule has 1 nitrogen and oxygen atoms in total. The van der Waals surface area contributed by atoms with E-state index in [9.17, 15) is 0 Å². The largest absolute Gasteiger partial charge is 0.252 e. The highest BCUT2D eigenvalue weighted by molar-refractivity contribution is 9.09. The van der Waals surface area contributed by atoms with Crippen molar-refractivity contribution in [2.45, 2.75) is 20.3 Å². The van der Waals surface area contributed by atoms with Crippen molar-refractivity contribution in [1.29, 1.82) is 0 Å². The van der Waals surface area contributed by atoms with Gasteiger partial charge in [0, 0.05) is 27.2 Å². The highest BCUT2D eigenvalue weighted by Gasteiger charge is 2.11. The molecule has 3 heteroatoms. The lowest BCUT2D eigenvalue weighted by Crippen LogP contribution is -2.32. The normalized spacial score (nSPS) is 12.7. The van der Waals surface area contributed by atoms with Gasteiger partial charge >= 0.3 is 0 Å². The molecular weight excluding hydrogens is 358 g/mol. The highest BCUT2D eigenvalue weighted by Crippen LogP contribution is 2.30. The maximum atomic E-state index is 6.39. The van der Waals surface area contributed by atoms with E-state index in [-0.39, 0.29) is 0 Å². The molecule has 1 aromatic carbocycles. The van der Waals surface area contributed by atoms with Crippen LogP contribution in [0.3, 0.4) is 0 Å². The molecule has 0 amide bonds. The van der Waals surface area contributed by atoms with Crippen molar-refractivity contribution in [2.24, 2.45) is 0 Å². The molecule has 0 saturated heterocycles. The van der Waals surface area contributed by atoms with Gasteiger partial charge in [-0.15, -0.1) is 0 Å². The first-order valence-electron chi connectivity index (χ1n) is 7.21. The fraction of sp³-hybridized carbons (Fsp3) is 0.211. The molecule has 1 heterocycles. The summed E-state index contributed by atoms with van der Waals surface area (Å²) in [7, 11) is 0. The zero-order valence-electron chi connectivity index (χ0n) is 12.9. The Labute approximate surface area is 145 Å². The van der Waals surface area contributed by atoms with Crippen LogP contribution in [0.15, 0.2) is 36.9 Å². The molecule has 0 saturated carbocycles. The Bertz CT molecular complexity index is 809. The van der Waals surface area contributed by atoms with E-state index < -0.39 is 0 Å². The fourth-order valence-corrected chi connectivity index (χ4v) is 3.11. The summed E-state index contributed by atoms with van der Waals surface area (Å²) in [5.74, 6) is 0. The Hall–Kier alpha value is -1.38. The van der Waals surface area contributed by atoms with Gasteiger partial charge in [-0.25, -0.2) is 0 Å². The molecule has 0 aliphatic carbocycles. The minimum atomic E-state index is 0.752. The molecule has 0 spiro atoms. The van der Waals surface area contributed by atoms with Crippen molar-refractivity contribution in [3.63, 3.8) is 0 Å². The molecule has 0 aliphatic heterocycles. The number of alkyl halides is 1. The monoisotopic (exact) mass is 375 g/mol. The predicted molar refractivity (Wildman–Crippen MR) is 101 cm³/mol. The van der Waals surface area contributed by atoms with Gasteiger partial charge in [-0.3, -0.25) is 4.98 Å². The summed E-state index contributed by atoms with van der Waals surface area (Å²) in [5.41, 5.74) is 4.34. The summed E-state index contributed by atoms with van der Waals surface area (Å²) in [6.45, 7) is 7.95. The summed E-state index contributed by atoms with van der Waals surface area (Å²) in [6.07, 6.45) is 6.90. The first-order chi connectivity index (χ1) is 10.6. The average Bonchev–Trinajstić information content (AvgIpc) is 2.49. The first-order valence-corrected chi connectivity index (χ1v) is 8.71. The molecule has 0 atom stereocenters. The van der Waals surface area contributed by atoms with E-state index in [1.165, 1.54) is 5.56 Å². The molecule has 2 aromatic rings. The van der Waals surface area contributed by atoms with Crippen LogP contribution in [0.25, 0.3) is 23.3 Å². The number of allylic oxidation sites excluding steroid dienone is 1. The van der Waals surface area contributed by atoms with Crippen molar-refractivity contribution in [3.8, 4) is 11.1 Å². The molecule has 0 radical (unpaired) electrons. The third-order valence-corrected chi connectivity index (χ3v) is 4.37. The van der Waals surface area contributed by atoms with Gasteiger partial charge in [0.25, 0.3) is 0 Å². The van der Waals surface area contributed by atoms with Crippen molar-refractivity contribution >= 4 is 39.7 Å². The van der Waals surface area contributed by atoms with Crippen LogP contribution in [-0.2, 0) is 0 Å². The SMILES string of the molecule is C=C/C=c1/nc(C)c(-c2ccccc2Cl)c(C)/c1=C/CCBr. The third-order valence-electron chi connectivity index (χ3n) is 3.58. The number of pyridine rings is 1. The van der Waals surface area contributed by atoms with Crippen LogP contribution in [0.1, 0.15) is 17.7 Å². The highest BCUT2D eigenvalue weighted by atomic mass is 79.9. The van der Waals surface area contributed by atoms with E-state index in [1.54, 1.807) is 6.08 Å². The Morgan fingerprint density at radius 1 is 1.27 bits per heavy atom. The van der Waals surface area contributed by atoms with E-state index in [0.29, 0.717) is 0 Å². The molecule has 2 rings (SSSR count).